The summed E-state index contributed by atoms with van der Waals surface area (Å²) < 4.78 is 5.47. The van der Waals surface area contributed by atoms with Crippen molar-refractivity contribution in [3.05, 3.63) is 88.4 Å². The van der Waals surface area contributed by atoms with Gasteiger partial charge in [0.25, 0.3) is 0 Å². The zero-order valence-corrected chi connectivity index (χ0v) is 15.2. The van der Waals surface area contributed by atoms with Crippen molar-refractivity contribution in [2.24, 2.45) is 0 Å². The maximum Gasteiger partial charge on any atom is 0.407 e. The minimum Gasteiger partial charge on any atom is -0.508 e. The first-order valence-corrected chi connectivity index (χ1v) is 9.07. The molecular formula is C22H18ClNO3. The van der Waals surface area contributed by atoms with E-state index in [1.54, 1.807) is 12.1 Å². The van der Waals surface area contributed by atoms with Gasteiger partial charge in [-0.25, -0.2) is 4.79 Å². The number of aromatic hydroxyl groups is 1. The van der Waals surface area contributed by atoms with Gasteiger partial charge in [-0.3, -0.25) is 0 Å². The van der Waals surface area contributed by atoms with E-state index in [-0.39, 0.29) is 24.8 Å². The van der Waals surface area contributed by atoms with Gasteiger partial charge in [0, 0.05) is 23.0 Å². The van der Waals surface area contributed by atoms with Crippen LogP contribution in [0.5, 0.6) is 5.75 Å². The van der Waals surface area contributed by atoms with Crippen molar-refractivity contribution in [3.8, 4) is 16.9 Å². The Kier molecular flexibility index (Phi) is 4.73. The van der Waals surface area contributed by atoms with Crippen molar-refractivity contribution in [2.45, 2.75) is 12.5 Å². The van der Waals surface area contributed by atoms with Crippen LogP contribution in [0.15, 0.2) is 66.7 Å². The van der Waals surface area contributed by atoms with Gasteiger partial charge in [0.15, 0.2) is 0 Å². The Morgan fingerprint density at radius 1 is 1.00 bits per heavy atom. The number of ether oxygens (including phenoxy) is 1. The first-order chi connectivity index (χ1) is 13.1. The van der Waals surface area contributed by atoms with E-state index in [2.05, 4.69) is 29.6 Å². The van der Waals surface area contributed by atoms with Gasteiger partial charge >= 0.3 is 6.09 Å². The Hall–Kier alpha value is -2.98. The third kappa shape index (κ3) is 3.49. The van der Waals surface area contributed by atoms with Crippen molar-refractivity contribution >= 4 is 17.7 Å². The highest BCUT2D eigenvalue weighted by Crippen LogP contribution is 2.44. The molecule has 1 aliphatic carbocycles. The van der Waals surface area contributed by atoms with Gasteiger partial charge in [0.2, 0.25) is 0 Å². The topological polar surface area (TPSA) is 58.6 Å². The lowest BCUT2D eigenvalue weighted by Gasteiger charge is -2.14. The van der Waals surface area contributed by atoms with Crippen LogP contribution in [-0.2, 0) is 11.3 Å². The van der Waals surface area contributed by atoms with Crippen molar-refractivity contribution in [1.29, 1.82) is 0 Å². The third-order valence-corrected chi connectivity index (χ3v) is 5.05. The highest BCUT2D eigenvalue weighted by molar-refractivity contribution is 6.30. The van der Waals surface area contributed by atoms with Gasteiger partial charge in [0.1, 0.15) is 12.4 Å². The molecule has 0 saturated carbocycles. The molecule has 0 aromatic heterocycles. The smallest absolute Gasteiger partial charge is 0.407 e. The largest absolute Gasteiger partial charge is 0.508 e. The molecule has 2 N–H and O–H groups in total. The van der Waals surface area contributed by atoms with Gasteiger partial charge in [0.05, 0.1) is 0 Å². The summed E-state index contributed by atoms with van der Waals surface area (Å²) in [5, 5.41) is 13.0. The molecule has 0 unspecified atom stereocenters. The summed E-state index contributed by atoms with van der Waals surface area (Å²) in [6.45, 7) is 0.423. The number of rotatable bonds is 4. The molecule has 0 radical (unpaired) electrons. The summed E-state index contributed by atoms with van der Waals surface area (Å²) in [5.74, 6) is 0.0635. The molecule has 27 heavy (non-hydrogen) atoms. The predicted octanol–water partition coefficient (Wildman–Crippen LogP) is 5.08. The van der Waals surface area contributed by atoms with E-state index < -0.39 is 6.09 Å². The first-order valence-electron chi connectivity index (χ1n) is 8.69. The van der Waals surface area contributed by atoms with Crippen LogP contribution < -0.4 is 5.32 Å². The molecule has 1 amide bonds. The summed E-state index contributed by atoms with van der Waals surface area (Å²) in [4.78, 5) is 12.1. The van der Waals surface area contributed by atoms with Crippen LogP contribution in [0.1, 0.15) is 22.6 Å². The fourth-order valence-corrected chi connectivity index (χ4v) is 3.67. The number of fused-ring (bicyclic) bond motifs is 3. The highest BCUT2D eigenvalue weighted by Gasteiger charge is 2.28. The Morgan fingerprint density at radius 2 is 1.63 bits per heavy atom. The Labute approximate surface area is 162 Å². The fourth-order valence-electron chi connectivity index (χ4n) is 3.50. The quantitative estimate of drug-likeness (QED) is 0.664. The van der Waals surface area contributed by atoms with Gasteiger partial charge in [-0.1, -0.05) is 66.2 Å². The molecule has 1 aliphatic rings. The minimum atomic E-state index is -0.522. The lowest BCUT2D eigenvalue weighted by molar-refractivity contribution is 0.142. The SMILES string of the molecule is O=C(NCc1ccc(Cl)cc1O)OCC1c2ccccc2-c2ccccc21. The zero-order valence-electron chi connectivity index (χ0n) is 14.5. The number of amides is 1. The number of nitrogens with one attached hydrogen (secondary N) is 1. The number of carbonyl (C=O) groups is 1. The van der Waals surface area contributed by atoms with Crippen LogP contribution in [0.3, 0.4) is 0 Å². The predicted molar refractivity (Wildman–Crippen MR) is 105 cm³/mol. The summed E-state index contributed by atoms with van der Waals surface area (Å²) in [6, 6.07) is 21.2. The van der Waals surface area contributed by atoms with E-state index in [1.165, 1.54) is 28.3 Å². The maximum absolute atomic E-state index is 12.1. The molecule has 0 aliphatic heterocycles. The van der Waals surface area contributed by atoms with Gasteiger partial charge in [-0.15, -0.1) is 0 Å². The van der Waals surface area contributed by atoms with Gasteiger partial charge < -0.3 is 15.2 Å². The molecule has 3 aromatic rings. The van der Waals surface area contributed by atoms with Gasteiger partial charge in [-0.05, 0) is 34.4 Å². The van der Waals surface area contributed by atoms with E-state index >= 15 is 0 Å². The molecule has 0 atom stereocenters. The lowest BCUT2D eigenvalue weighted by atomic mass is 9.98. The van der Waals surface area contributed by atoms with Crippen LogP contribution in [-0.4, -0.2) is 17.8 Å². The minimum absolute atomic E-state index is 0.0204. The first kappa shape index (κ1) is 17.4. The average molecular weight is 380 g/mol. The fraction of sp³-hybridized carbons (Fsp3) is 0.136. The summed E-state index contributed by atoms with van der Waals surface area (Å²) in [6.07, 6.45) is -0.522. The molecule has 136 valence electrons. The van der Waals surface area contributed by atoms with Gasteiger partial charge in [-0.2, -0.15) is 0 Å². The zero-order chi connectivity index (χ0) is 18.8. The van der Waals surface area contributed by atoms with E-state index in [0.29, 0.717) is 10.6 Å². The van der Waals surface area contributed by atoms with Crippen LogP contribution in [0.2, 0.25) is 5.02 Å². The molecule has 3 aromatic carbocycles. The second kappa shape index (κ2) is 7.33. The third-order valence-electron chi connectivity index (χ3n) is 4.81. The number of alkyl carbamates (subject to hydrolysis) is 1. The summed E-state index contributed by atoms with van der Waals surface area (Å²) in [5.41, 5.74) is 5.29. The number of halogens is 1. The van der Waals surface area contributed by atoms with Crippen molar-refractivity contribution in [3.63, 3.8) is 0 Å². The standard InChI is InChI=1S/C22H18ClNO3/c23-15-10-9-14(21(25)11-15)12-24-22(26)27-13-20-18-7-3-1-5-16(18)17-6-2-4-8-19(17)20/h1-11,20,25H,12-13H2,(H,24,26). The van der Waals surface area contributed by atoms with Crippen LogP contribution >= 0.6 is 11.6 Å². The van der Waals surface area contributed by atoms with Crippen LogP contribution in [0, 0.1) is 0 Å². The van der Waals surface area contributed by atoms with E-state index in [9.17, 15) is 9.90 Å². The average Bonchev–Trinajstić information content (AvgIpc) is 3.00. The molecule has 0 heterocycles. The maximum atomic E-state index is 12.1. The summed E-state index contributed by atoms with van der Waals surface area (Å²) in [7, 11) is 0. The normalized spacial score (nSPS) is 12.3. The van der Waals surface area contributed by atoms with Crippen molar-refractivity contribution in [1.82, 2.24) is 5.32 Å². The van der Waals surface area contributed by atoms with E-state index in [1.807, 2.05) is 24.3 Å². The molecule has 4 nitrogen and oxygen atoms in total. The number of benzene rings is 3. The van der Waals surface area contributed by atoms with Crippen LogP contribution in [0.25, 0.3) is 11.1 Å². The van der Waals surface area contributed by atoms with Crippen molar-refractivity contribution in [2.75, 3.05) is 6.61 Å². The highest BCUT2D eigenvalue weighted by atomic mass is 35.5. The number of hydrogen-bond donors (Lipinski definition) is 2. The van der Waals surface area contributed by atoms with Crippen molar-refractivity contribution < 1.29 is 14.6 Å². The molecule has 5 heteroatoms. The molecule has 0 fully saturated rings. The summed E-state index contributed by atoms with van der Waals surface area (Å²) >= 11 is 5.81. The molecule has 4 rings (SSSR count). The Balaban J connectivity index is 1.42. The number of phenols is 1. The number of carbonyl (C=O) groups excluding carboxylic acids is 1. The van der Waals surface area contributed by atoms with E-state index in [0.717, 1.165) is 0 Å². The molecule has 0 bridgehead atoms. The van der Waals surface area contributed by atoms with E-state index in [4.69, 9.17) is 16.3 Å². The Morgan fingerprint density at radius 3 is 2.26 bits per heavy atom. The number of phenolic OH excluding ortho intramolecular Hbond substituents is 1. The van der Waals surface area contributed by atoms with Crippen LogP contribution in [0.4, 0.5) is 4.79 Å². The second-order valence-electron chi connectivity index (χ2n) is 6.45. The number of hydrogen-bond acceptors (Lipinski definition) is 3. The second-order valence-corrected chi connectivity index (χ2v) is 6.89. The molecule has 0 saturated heterocycles. The Bertz CT molecular complexity index is 957. The monoisotopic (exact) mass is 379 g/mol. The molecule has 0 spiro atoms. The molecular weight excluding hydrogens is 362 g/mol. The lowest BCUT2D eigenvalue weighted by Crippen LogP contribution is -2.25.